The molecule has 0 aliphatic carbocycles. The molecule has 3 heteroatoms. The number of hydrogen-bond donors (Lipinski definition) is 0. The van der Waals surface area contributed by atoms with E-state index in [1.54, 1.807) is 0 Å². The molecule has 0 saturated carbocycles. The van der Waals surface area contributed by atoms with E-state index in [9.17, 15) is 0 Å². The maximum Gasteiger partial charge on any atom is 0.168 e. The second-order valence-electron chi connectivity index (χ2n) is 17.7. The summed E-state index contributed by atoms with van der Waals surface area (Å²) < 4.78 is 4.31. The first-order valence-electron chi connectivity index (χ1n) is 22.7. The molecule has 3 nitrogen and oxygen atoms in total. The molecule has 0 saturated heterocycles. The van der Waals surface area contributed by atoms with Crippen molar-refractivity contribution in [3.05, 3.63) is 60.9 Å². The smallest absolute Gasteiger partial charge is 0.168 e. The zero-order chi connectivity index (χ0) is 38.4. The van der Waals surface area contributed by atoms with Crippen molar-refractivity contribution in [3.63, 3.8) is 0 Å². The van der Waals surface area contributed by atoms with E-state index in [1.165, 1.54) is 199 Å². The number of hydrogen-bond acceptors (Lipinski definition) is 0. The topological polar surface area (TPSA) is 3.88 Å². The van der Waals surface area contributed by atoms with Crippen molar-refractivity contribution in [2.45, 2.75) is 200 Å². The quantitative estimate of drug-likeness (QED) is 0.0414. The average molecular weight is 725 g/mol. The Balaban J connectivity index is 0.000000798. The first kappa shape index (κ1) is 50.3. The minimum atomic E-state index is 0.890. The summed E-state index contributed by atoms with van der Waals surface area (Å²) in [4.78, 5) is 0. The van der Waals surface area contributed by atoms with Gasteiger partial charge in [0.25, 0.3) is 0 Å². The summed E-state index contributed by atoms with van der Waals surface area (Å²) in [5.74, 6) is 0. The Kier molecular flexibility index (Phi) is 35.1. The minimum Gasteiger partial charge on any atom is -0.331 e. The van der Waals surface area contributed by atoms with Crippen molar-refractivity contribution in [2.24, 2.45) is 0 Å². The van der Waals surface area contributed by atoms with Crippen LogP contribution in [-0.2, 0) is 6.54 Å². The van der Waals surface area contributed by atoms with Gasteiger partial charge in [0, 0.05) is 18.6 Å². The van der Waals surface area contributed by atoms with E-state index in [0.29, 0.717) is 0 Å². The predicted molar refractivity (Wildman–Crippen MR) is 236 cm³/mol. The van der Waals surface area contributed by atoms with Gasteiger partial charge in [0.05, 0.1) is 48.8 Å². The molecular weight excluding hydrogens is 631 g/mol. The number of aryl methyl sites for hydroxylation is 1. The normalized spacial score (nSPS) is 11.5. The van der Waals surface area contributed by atoms with Gasteiger partial charge in [-0.2, -0.15) is 0 Å². The molecule has 0 radical (unpaired) electrons. The Hall–Kier alpha value is -1.71. The van der Waals surface area contributed by atoms with E-state index in [2.05, 4.69) is 116 Å². The summed E-state index contributed by atoms with van der Waals surface area (Å²) in [5, 5.41) is 0. The van der Waals surface area contributed by atoms with Crippen molar-refractivity contribution in [1.82, 2.24) is 4.48 Å². The number of rotatable bonds is 31. The fourth-order valence-electron chi connectivity index (χ4n) is 6.73. The molecule has 52 heavy (non-hydrogen) atoms. The van der Waals surface area contributed by atoms with Crippen molar-refractivity contribution in [1.29, 1.82) is 0 Å². The van der Waals surface area contributed by atoms with E-state index in [-0.39, 0.29) is 0 Å². The van der Waals surface area contributed by atoms with Gasteiger partial charge in [0.2, 0.25) is 0 Å². The zero-order valence-corrected chi connectivity index (χ0v) is 36.8. The van der Waals surface area contributed by atoms with Crippen LogP contribution in [0.25, 0.3) is 0 Å². The summed E-state index contributed by atoms with van der Waals surface area (Å²) in [6.07, 6.45) is 44.8. The highest BCUT2D eigenvalue weighted by Crippen LogP contribution is 2.16. The van der Waals surface area contributed by atoms with Crippen molar-refractivity contribution >= 4 is 5.69 Å². The molecule has 1 aromatic heterocycles. The molecule has 0 atom stereocenters. The average Bonchev–Trinajstić information content (AvgIpc) is 3.12. The van der Waals surface area contributed by atoms with Gasteiger partial charge in [-0.1, -0.05) is 192 Å². The second-order valence-corrected chi connectivity index (χ2v) is 17.7. The van der Waals surface area contributed by atoms with Gasteiger partial charge < -0.3 is 4.48 Å². The van der Waals surface area contributed by atoms with Crippen molar-refractivity contribution in [3.8, 4) is 0 Å². The summed E-state index contributed by atoms with van der Waals surface area (Å²) in [5.41, 5.74) is 1.34. The van der Waals surface area contributed by atoms with E-state index in [1.807, 2.05) is 6.07 Å². The number of aromatic nitrogens is 1. The Bertz CT molecular complexity index is 944. The second kappa shape index (κ2) is 36.3. The Morgan fingerprint density at radius 2 is 0.673 bits per heavy atom. The lowest BCUT2D eigenvalue weighted by molar-refractivity contribution is -0.870. The van der Waals surface area contributed by atoms with E-state index < -0.39 is 0 Å². The summed E-state index contributed by atoms with van der Waals surface area (Å²) in [6, 6.07) is 16.8. The molecule has 0 fully saturated rings. The van der Waals surface area contributed by atoms with Crippen molar-refractivity contribution in [2.75, 3.05) is 48.8 Å². The van der Waals surface area contributed by atoms with Crippen LogP contribution in [0.2, 0.25) is 0 Å². The lowest BCUT2D eigenvalue weighted by atomic mass is 10.0. The Labute approximate surface area is 328 Å². The molecule has 0 spiro atoms. The highest BCUT2D eigenvalue weighted by atomic mass is 15.3. The van der Waals surface area contributed by atoms with Crippen LogP contribution in [0.15, 0.2) is 60.9 Å². The van der Waals surface area contributed by atoms with Crippen LogP contribution in [0, 0.1) is 0 Å². The van der Waals surface area contributed by atoms with E-state index in [4.69, 9.17) is 0 Å². The third-order valence-corrected chi connectivity index (χ3v) is 10.3. The highest BCUT2D eigenvalue weighted by Gasteiger charge is 2.09. The molecule has 302 valence electrons. The summed E-state index contributed by atoms with van der Waals surface area (Å²) in [6.45, 7) is 7.10. The molecule has 1 heterocycles. The highest BCUT2D eigenvalue weighted by molar-refractivity contribution is 5.40. The van der Waals surface area contributed by atoms with Crippen LogP contribution in [0.3, 0.4) is 0 Å². The first-order chi connectivity index (χ1) is 25.1. The number of benzene rings is 1. The molecule has 0 bridgehead atoms. The van der Waals surface area contributed by atoms with Crippen LogP contribution in [0.1, 0.15) is 194 Å². The predicted octanol–water partition coefficient (Wildman–Crippen LogP) is 14.5. The number of para-hydroxylation sites is 1. The van der Waals surface area contributed by atoms with Gasteiger partial charge >= 0.3 is 0 Å². The number of unbranched alkanes of at least 4 members (excludes halogenated alkanes) is 26. The maximum absolute atomic E-state index is 2.29. The van der Waals surface area contributed by atoms with Crippen LogP contribution in [-0.4, -0.2) is 53.3 Å². The van der Waals surface area contributed by atoms with Gasteiger partial charge in [0.1, 0.15) is 12.2 Å². The number of pyridine rings is 1. The first-order valence-corrected chi connectivity index (χ1v) is 22.7. The molecule has 1 aromatic carbocycles. The van der Waals surface area contributed by atoms with Crippen LogP contribution in [0.5, 0.6) is 0 Å². The SMILES string of the molecule is CCCCCCCCCCCCCCCC[N+](C)(C)C.CCCCCCCCCCCCCCCC[n+]1ccccc1.C[N+](C)(C)c1ccccc1. The third-order valence-electron chi connectivity index (χ3n) is 10.3. The molecule has 0 aliphatic rings. The van der Waals surface area contributed by atoms with Gasteiger partial charge in [-0.25, -0.2) is 4.57 Å². The molecule has 2 aromatic rings. The van der Waals surface area contributed by atoms with Gasteiger partial charge in [-0.05, 0) is 31.4 Å². The molecule has 2 rings (SSSR count). The number of quaternary nitrogens is 2. The molecular formula is C49H94N3+3. The number of nitrogens with zero attached hydrogens (tertiary/aromatic N) is 3. The lowest BCUT2D eigenvalue weighted by Crippen LogP contribution is -2.35. The largest absolute Gasteiger partial charge is 0.331 e. The monoisotopic (exact) mass is 725 g/mol. The molecule has 0 unspecified atom stereocenters. The van der Waals surface area contributed by atoms with Crippen molar-refractivity contribution < 1.29 is 9.05 Å². The van der Waals surface area contributed by atoms with E-state index in [0.717, 1.165) is 8.97 Å². The Morgan fingerprint density at radius 3 is 0.981 bits per heavy atom. The van der Waals surface area contributed by atoms with Crippen LogP contribution >= 0.6 is 0 Å². The third kappa shape index (κ3) is 38.0. The minimum absolute atomic E-state index is 0.890. The fraction of sp³-hybridized carbons (Fsp3) is 0.776. The van der Waals surface area contributed by atoms with Gasteiger partial charge in [-0.3, -0.25) is 4.48 Å². The van der Waals surface area contributed by atoms with Crippen LogP contribution in [0.4, 0.5) is 5.69 Å². The summed E-state index contributed by atoms with van der Waals surface area (Å²) in [7, 11) is 13.4. The van der Waals surface area contributed by atoms with E-state index >= 15 is 0 Å². The molecule has 0 N–H and O–H groups in total. The maximum atomic E-state index is 2.29. The fourth-order valence-corrected chi connectivity index (χ4v) is 6.73. The van der Waals surface area contributed by atoms with Gasteiger partial charge in [0.15, 0.2) is 12.4 Å². The van der Waals surface area contributed by atoms with Gasteiger partial charge in [-0.15, -0.1) is 0 Å². The summed E-state index contributed by atoms with van der Waals surface area (Å²) >= 11 is 0. The lowest BCUT2D eigenvalue weighted by Gasteiger charge is -2.23. The molecule has 0 aliphatic heterocycles. The molecule has 0 amide bonds. The zero-order valence-electron chi connectivity index (χ0n) is 36.8. The Morgan fingerprint density at radius 1 is 0.365 bits per heavy atom. The van der Waals surface area contributed by atoms with Crippen LogP contribution < -0.4 is 9.05 Å². The standard InChI is InChI=1S/C21H38N.C19H42N.C9H14N/c1-2-3-4-5-6-7-8-9-10-11-12-13-14-16-19-22-20-17-15-18-21-22;1-5-6-7-8-9-10-11-12-13-14-15-16-17-18-19-20(2,3)4;1-10(2,3)9-7-5-4-6-8-9/h15,17-18,20-21H,2-14,16,19H2,1H3;5-19H2,1-4H3;4-8H,1-3H3/q3*+1.